The van der Waals surface area contributed by atoms with Gasteiger partial charge in [-0.1, -0.05) is 37.3 Å². The first-order valence-corrected chi connectivity index (χ1v) is 6.71. The number of rotatable bonds is 6. The van der Waals surface area contributed by atoms with Gasteiger partial charge in [-0.2, -0.15) is 0 Å². The standard InChI is InChI=1S/C16H18N2O2/c1-2-14-10-13(16(19)20)11-15(18-14)17-9-8-12-6-4-3-5-7-12/h3-7,10-11H,2,8-9H2,1H3,(H,17,18)(H,19,20). The third kappa shape index (κ3) is 3.82. The molecule has 0 aliphatic heterocycles. The van der Waals surface area contributed by atoms with E-state index >= 15 is 0 Å². The molecule has 4 nitrogen and oxygen atoms in total. The van der Waals surface area contributed by atoms with Crippen LogP contribution in [0.5, 0.6) is 0 Å². The van der Waals surface area contributed by atoms with Gasteiger partial charge in [0.25, 0.3) is 0 Å². The average molecular weight is 270 g/mol. The molecular weight excluding hydrogens is 252 g/mol. The predicted molar refractivity (Wildman–Crippen MR) is 79.2 cm³/mol. The molecule has 1 aromatic heterocycles. The maximum atomic E-state index is 11.1. The van der Waals surface area contributed by atoms with Gasteiger partial charge in [-0.25, -0.2) is 9.78 Å². The fourth-order valence-electron chi connectivity index (χ4n) is 1.96. The quantitative estimate of drug-likeness (QED) is 0.847. The Labute approximate surface area is 118 Å². The molecule has 2 N–H and O–H groups in total. The van der Waals surface area contributed by atoms with Crippen LogP contribution in [0, 0.1) is 0 Å². The first-order valence-electron chi connectivity index (χ1n) is 6.71. The number of nitrogens with zero attached hydrogens (tertiary/aromatic N) is 1. The van der Waals surface area contributed by atoms with E-state index in [1.54, 1.807) is 12.1 Å². The number of aromatic carboxylic acids is 1. The van der Waals surface area contributed by atoms with Gasteiger partial charge in [-0.15, -0.1) is 0 Å². The molecule has 0 aliphatic carbocycles. The van der Waals surface area contributed by atoms with Crippen LogP contribution in [0.1, 0.15) is 28.5 Å². The number of aryl methyl sites for hydroxylation is 1. The van der Waals surface area contributed by atoms with E-state index < -0.39 is 5.97 Å². The van der Waals surface area contributed by atoms with Crippen molar-refractivity contribution >= 4 is 11.8 Å². The minimum absolute atomic E-state index is 0.277. The third-order valence-electron chi connectivity index (χ3n) is 3.05. The normalized spacial score (nSPS) is 10.2. The summed E-state index contributed by atoms with van der Waals surface area (Å²) in [6.07, 6.45) is 1.59. The molecule has 0 saturated carbocycles. The summed E-state index contributed by atoms with van der Waals surface area (Å²) >= 11 is 0. The van der Waals surface area contributed by atoms with Gasteiger partial charge in [0, 0.05) is 12.2 Å². The minimum atomic E-state index is -0.923. The van der Waals surface area contributed by atoms with Crippen molar-refractivity contribution in [1.29, 1.82) is 0 Å². The van der Waals surface area contributed by atoms with Crippen molar-refractivity contribution in [2.45, 2.75) is 19.8 Å². The van der Waals surface area contributed by atoms with Crippen LogP contribution in [0.15, 0.2) is 42.5 Å². The summed E-state index contributed by atoms with van der Waals surface area (Å²) < 4.78 is 0. The van der Waals surface area contributed by atoms with Crippen molar-refractivity contribution in [3.05, 3.63) is 59.3 Å². The molecule has 0 spiro atoms. The van der Waals surface area contributed by atoms with E-state index in [4.69, 9.17) is 5.11 Å². The van der Waals surface area contributed by atoms with E-state index in [0.29, 0.717) is 12.2 Å². The second kappa shape index (κ2) is 6.70. The Morgan fingerprint density at radius 1 is 1.25 bits per heavy atom. The molecule has 0 bridgehead atoms. The van der Waals surface area contributed by atoms with Crippen LogP contribution in [0.25, 0.3) is 0 Å². The minimum Gasteiger partial charge on any atom is -0.478 e. The Bertz CT molecular complexity index is 582. The second-order valence-corrected chi connectivity index (χ2v) is 4.55. The SMILES string of the molecule is CCc1cc(C(=O)O)cc(NCCc2ccccc2)n1. The maximum Gasteiger partial charge on any atom is 0.335 e. The van der Waals surface area contributed by atoms with Crippen LogP contribution in [0.4, 0.5) is 5.82 Å². The molecule has 0 fully saturated rings. The third-order valence-corrected chi connectivity index (χ3v) is 3.05. The molecule has 0 amide bonds. The Morgan fingerprint density at radius 3 is 2.65 bits per heavy atom. The van der Waals surface area contributed by atoms with E-state index in [1.807, 2.05) is 25.1 Å². The van der Waals surface area contributed by atoms with E-state index in [1.165, 1.54) is 5.56 Å². The van der Waals surface area contributed by atoms with Crippen LogP contribution in [0.3, 0.4) is 0 Å². The van der Waals surface area contributed by atoms with Crippen LogP contribution >= 0.6 is 0 Å². The molecule has 1 aromatic carbocycles. The van der Waals surface area contributed by atoms with Crippen molar-refractivity contribution in [3.8, 4) is 0 Å². The van der Waals surface area contributed by atoms with E-state index in [-0.39, 0.29) is 5.56 Å². The van der Waals surface area contributed by atoms with Crippen molar-refractivity contribution in [2.75, 3.05) is 11.9 Å². The summed E-state index contributed by atoms with van der Waals surface area (Å²) in [7, 11) is 0. The average Bonchev–Trinajstić information content (AvgIpc) is 2.48. The first-order chi connectivity index (χ1) is 9.69. The van der Waals surface area contributed by atoms with Gasteiger partial charge in [0.1, 0.15) is 5.82 Å². The summed E-state index contributed by atoms with van der Waals surface area (Å²) in [5.74, 6) is -0.300. The van der Waals surface area contributed by atoms with Crippen molar-refractivity contribution in [3.63, 3.8) is 0 Å². The first kappa shape index (κ1) is 14.1. The summed E-state index contributed by atoms with van der Waals surface area (Å²) in [5.41, 5.74) is 2.30. The molecule has 2 rings (SSSR count). The zero-order valence-electron chi connectivity index (χ0n) is 11.5. The van der Waals surface area contributed by atoms with E-state index in [2.05, 4.69) is 22.4 Å². The highest BCUT2D eigenvalue weighted by Gasteiger charge is 2.07. The molecule has 20 heavy (non-hydrogen) atoms. The zero-order valence-corrected chi connectivity index (χ0v) is 11.5. The highest BCUT2D eigenvalue weighted by Crippen LogP contribution is 2.11. The molecule has 4 heteroatoms. The molecule has 0 radical (unpaired) electrons. The number of benzene rings is 1. The molecule has 0 aliphatic rings. The summed E-state index contributed by atoms with van der Waals surface area (Å²) in [5, 5.41) is 12.3. The highest BCUT2D eigenvalue weighted by molar-refractivity contribution is 5.88. The van der Waals surface area contributed by atoms with Gasteiger partial charge >= 0.3 is 5.97 Å². The van der Waals surface area contributed by atoms with Crippen LogP contribution in [-0.2, 0) is 12.8 Å². The Kier molecular flexibility index (Phi) is 4.71. The number of carboxylic acid groups (broad SMARTS) is 1. The molecule has 0 atom stereocenters. The number of pyridine rings is 1. The Balaban J connectivity index is 2.02. The second-order valence-electron chi connectivity index (χ2n) is 4.55. The molecule has 1 heterocycles. The van der Waals surface area contributed by atoms with Crippen LogP contribution in [-0.4, -0.2) is 22.6 Å². The fraction of sp³-hybridized carbons (Fsp3) is 0.250. The van der Waals surface area contributed by atoms with Gasteiger partial charge in [0.2, 0.25) is 0 Å². The summed E-state index contributed by atoms with van der Waals surface area (Å²) in [6.45, 7) is 2.69. The molecule has 0 unspecified atom stereocenters. The zero-order chi connectivity index (χ0) is 14.4. The maximum absolute atomic E-state index is 11.1. The number of carbonyl (C=O) groups is 1. The van der Waals surface area contributed by atoms with Gasteiger partial charge in [0.05, 0.1) is 5.56 Å². The Hall–Kier alpha value is -2.36. The lowest BCUT2D eigenvalue weighted by atomic mass is 10.1. The van der Waals surface area contributed by atoms with Crippen molar-refractivity contribution in [1.82, 2.24) is 4.98 Å². The smallest absolute Gasteiger partial charge is 0.335 e. The van der Waals surface area contributed by atoms with Gasteiger partial charge < -0.3 is 10.4 Å². The Morgan fingerprint density at radius 2 is 2.00 bits per heavy atom. The van der Waals surface area contributed by atoms with Gasteiger partial charge in [-0.3, -0.25) is 0 Å². The highest BCUT2D eigenvalue weighted by atomic mass is 16.4. The van der Waals surface area contributed by atoms with E-state index in [9.17, 15) is 4.79 Å². The van der Waals surface area contributed by atoms with Crippen LogP contribution < -0.4 is 5.32 Å². The molecule has 2 aromatic rings. The monoisotopic (exact) mass is 270 g/mol. The number of anilines is 1. The number of hydrogen-bond acceptors (Lipinski definition) is 3. The lowest BCUT2D eigenvalue weighted by Gasteiger charge is -2.08. The van der Waals surface area contributed by atoms with Crippen molar-refractivity contribution in [2.24, 2.45) is 0 Å². The largest absolute Gasteiger partial charge is 0.478 e. The molecule has 0 saturated heterocycles. The predicted octanol–water partition coefficient (Wildman–Crippen LogP) is 3.00. The number of hydrogen-bond donors (Lipinski definition) is 2. The van der Waals surface area contributed by atoms with Crippen LogP contribution in [0.2, 0.25) is 0 Å². The molecule has 104 valence electrons. The summed E-state index contributed by atoms with van der Waals surface area (Å²) in [4.78, 5) is 15.5. The number of nitrogens with one attached hydrogen (secondary N) is 1. The lowest BCUT2D eigenvalue weighted by molar-refractivity contribution is 0.0696. The van der Waals surface area contributed by atoms with Gasteiger partial charge in [-0.05, 0) is 30.5 Å². The van der Waals surface area contributed by atoms with Crippen molar-refractivity contribution < 1.29 is 9.90 Å². The lowest BCUT2D eigenvalue weighted by Crippen LogP contribution is -2.09. The van der Waals surface area contributed by atoms with Gasteiger partial charge in [0.15, 0.2) is 0 Å². The number of carboxylic acids is 1. The molecular formula is C16H18N2O2. The fourth-order valence-corrected chi connectivity index (χ4v) is 1.96. The summed E-state index contributed by atoms with van der Waals surface area (Å²) in [6, 6.07) is 13.3. The topological polar surface area (TPSA) is 62.2 Å². The van der Waals surface area contributed by atoms with E-state index in [0.717, 1.165) is 18.7 Å². The number of aromatic nitrogens is 1.